The Hall–Kier alpha value is -4.17. The molecule has 0 saturated heterocycles. The molecule has 4 rings (SSSR count). The molecule has 1 atom stereocenters. The molecular weight excluding hydrogens is 432 g/mol. The lowest BCUT2D eigenvalue weighted by atomic mass is 10.1. The smallest absolute Gasteiger partial charge is 0.268 e. The van der Waals surface area contributed by atoms with Gasteiger partial charge in [0.05, 0.1) is 34.5 Å². The Bertz CT molecular complexity index is 1390. The molecule has 0 aliphatic carbocycles. The number of nitrogens with one attached hydrogen (secondary N) is 2. The first-order valence-electron chi connectivity index (χ1n) is 9.74. The number of benzene rings is 1. The van der Waals surface area contributed by atoms with E-state index in [1.807, 2.05) is 13.0 Å². The Balaban J connectivity index is 1.97. The second-order valence-electron chi connectivity index (χ2n) is 6.97. The van der Waals surface area contributed by atoms with E-state index in [0.29, 0.717) is 28.6 Å². The van der Waals surface area contributed by atoms with Gasteiger partial charge in [-0.25, -0.2) is 14.5 Å². The summed E-state index contributed by atoms with van der Waals surface area (Å²) >= 11 is 6.32. The van der Waals surface area contributed by atoms with Gasteiger partial charge >= 0.3 is 0 Å². The van der Waals surface area contributed by atoms with Crippen molar-refractivity contribution in [1.82, 2.24) is 29.5 Å². The molecule has 32 heavy (non-hydrogen) atoms. The SMILES string of the molecule is CCCC(Nc1nc(N)nc(N)c1C#N)c1nc2cccc(Cl)c2c(=O)n1-c1cnc[nH]1. The maximum absolute atomic E-state index is 13.5. The number of imidazole rings is 1. The molecule has 4 aromatic rings. The minimum absolute atomic E-state index is 0.0399. The highest BCUT2D eigenvalue weighted by Crippen LogP contribution is 2.28. The van der Waals surface area contributed by atoms with Crippen LogP contribution in [0.4, 0.5) is 17.6 Å². The van der Waals surface area contributed by atoms with Crippen molar-refractivity contribution >= 4 is 40.1 Å². The molecule has 162 valence electrons. The summed E-state index contributed by atoms with van der Waals surface area (Å²) in [6.07, 6.45) is 4.27. The summed E-state index contributed by atoms with van der Waals surface area (Å²) < 4.78 is 1.41. The van der Waals surface area contributed by atoms with Crippen LogP contribution in [0.2, 0.25) is 5.02 Å². The second-order valence-corrected chi connectivity index (χ2v) is 7.38. The third kappa shape index (κ3) is 3.67. The first-order chi connectivity index (χ1) is 15.4. The van der Waals surface area contributed by atoms with Crippen LogP contribution in [0.15, 0.2) is 35.5 Å². The summed E-state index contributed by atoms with van der Waals surface area (Å²) in [5, 5.41) is 13.3. The largest absolute Gasteiger partial charge is 0.382 e. The number of nitrogen functional groups attached to an aromatic ring is 2. The van der Waals surface area contributed by atoms with Crippen LogP contribution in [-0.2, 0) is 0 Å². The van der Waals surface area contributed by atoms with Gasteiger partial charge in [-0.2, -0.15) is 15.2 Å². The highest BCUT2D eigenvalue weighted by atomic mass is 35.5. The van der Waals surface area contributed by atoms with Crippen molar-refractivity contribution in [3.8, 4) is 11.9 Å². The number of fused-ring (bicyclic) bond motifs is 1. The quantitative estimate of drug-likeness (QED) is 0.343. The number of hydrogen-bond donors (Lipinski definition) is 4. The van der Waals surface area contributed by atoms with Gasteiger partial charge in [0.15, 0.2) is 5.82 Å². The molecule has 0 aliphatic heterocycles. The van der Waals surface area contributed by atoms with E-state index in [1.54, 1.807) is 18.2 Å². The topological polar surface area (TPSA) is 177 Å². The number of aromatic amines is 1. The number of anilines is 3. The van der Waals surface area contributed by atoms with E-state index in [4.69, 9.17) is 28.1 Å². The molecular formula is C20H19ClN10O. The zero-order chi connectivity index (χ0) is 22.8. The normalized spacial score (nSPS) is 11.9. The number of halogens is 1. The standard InChI is InChI=1S/C20H19ClN10O/c1-2-4-13(27-17-10(7-22)16(23)29-20(24)30-17)18-28-12-6-3-5-11(21)15(12)19(32)31(18)14-8-25-9-26-14/h3,5-6,8-9,13H,2,4H2,1H3,(H,25,26)(H5,23,24,27,29,30). The van der Waals surface area contributed by atoms with E-state index < -0.39 is 6.04 Å². The molecule has 1 aromatic carbocycles. The average molecular weight is 451 g/mol. The monoisotopic (exact) mass is 450 g/mol. The molecule has 6 N–H and O–H groups in total. The van der Waals surface area contributed by atoms with E-state index in [9.17, 15) is 10.1 Å². The first-order valence-corrected chi connectivity index (χ1v) is 10.1. The molecule has 0 saturated carbocycles. The van der Waals surface area contributed by atoms with Crippen molar-refractivity contribution in [2.75, 3.05) is 16.8 Å². The fourth-order valence-corrected chi connectivity index (χ4v) is 3.72. The van der Waals surface area contributed by atoms with Crippen LogP contribution in [0.25, 0.3) is 16.7 Å². The molecule has 11 nitrogen and oxygen atoms in total. The fraction of sp³-hybridized carbons (Fsp3) is 0.200. The number of aromatic nitrogens is 6. The van der Waals surface area contributed by atoms with Gasteiger partial charge in [0, 0.05) is 0 Å². The number of hydrogen-bond acceptors (Lipinski definition) is 9. The van der Waals surface area contributed by atoms with E-state index in [2.05, 4.69) is 25.3 Å². The maximum Gasteiger partial charge on any atom is 0.268 e. The van der Waals surface area contributed by atoms with Gasteiger partial charge in [0.2, 0.25) is 5.95 Å². The van der Waals surface area contributed by atoms with Crippen molar-refractivity contribution < 1.29 is 0 Å². The van der Waals surface area contributed by atoms with Gasteiger partial charge in [-0.1, -0.05) is 31.0 Å². The maximum atomic E-state index is 13.5. The Kier molecular flexibility index (Phi) is 5.61. The Morgan fingerprint density at radius 1 is 1.31 bits per heavy atom. The molecule has 3 aromatic heterocycles. The van der Waals surface area contributed by atoms with Crippen LogP contribution in [0.1, 0.15) is 37.2 Å². The Morgan fingerprint density at radius 3 is 2.81 bits per heavy atom. The van der Waals surface area contributed by atoms with Crippen molar-refractivity contribution in [3.05, 3.63) is 57.5 Å². The van der Waals surface area contributed by atoms with Crippen LogP contribution in [0, 0.1) is 11.3 Å². The zero-order valence-electron chi connectivity index (χ0n) is 17.0. The van der Waals surface area contributed by atoms with Crippen molar-refractivity contribution in [2.45, 2.75) is 25.8 Å². The lowest BCUT2D eigenvalue weighted by Crippen LogP contribution is -2.29. The number of nitrogens with zero attached hydrogens (tertiary/aromatic N) is 6. The van der Waals surface area contributed by atoms with E-state index >= 15 is 0 Å². The predicted octanol–water partition coefficient (Wildman–Crippen LogP) is 2.54. The molecule has 0 bridgehead atoms. The Labute approximate surface area is 187 Å². The molecule has 12 heteroatoms. The number of rotatable bonds is 6. The lowest BCUT2D eigenvalue weighted by Gasteiger charge is -2.23. The fourth-order valence-electron chi connectivity index (χ4n) is 3.47. The van der Waals surface area contributed by atoms with Gasteiger partial charge < -0.3 is 21.8 Å². The van der Waals surface area contributed by atoms with Gasteiger partial charge in [-0.05, 0) is 18.6 Å². The molecule has 0 amide bonds. The third-order valence-corrected chi connectivity index (χ3v) is 5.18. The molecule has 0 fully saturated rings. The van der Waals surface area contributed by atoms with E-state index in [1.165, 1.54) is 17.1 Å². The summed E-state index contributed by atoms with van der Waals surface area (Å²) in [6, 6.07) is 6.54. The lowest BCUT2D eigenvalue weighted by molar-refractivity contribution is 0.613. The van der Waals surface area contributed by atoms with Crippen molar-refractivity contribution in [2.24, 2.45) is 0 Å². The molecule has 0 aliphatic rings. The third-order valence-electron chi connectivity index (χ3n) is 4.86. The van der Waals surface area contributed by atoms with Crippen LogP contribution in [0.5, 0.6) is 0 Å². The zero-order valence-corrected chi connectivity index (χ0v) is 17.8. The van der Waals surface area contributed by atoms with Crippen molar-refractivity contribution in [1.29, 1.82) is 5.26 Å². The molecule has 0 spiro atoms. The predicted molar refractivity (Wildman–Crippen MR) is 121 cm³/mol. The minimum Gasteiger partial charge on any atom is -0.382 e. The van der Waals surface area contributed by atoms with Gasteiger partial charge in [0.1, 0.15) is 29.1 Å². The highest BCUT2D eigenvalue weighted by molar-refractivity contribution is 6.35. The van der Waals surface area contributed by atoms with Gasteiger partial charge in [-0.3, -0.25) is 4.79 Å². The second kappa shape index (κ2) is 8.52. The number of H-pyrrole nitrogens is 1. The van der Waals surface area contributed by atoms with Crippen LogP contribution < -0.4 is 22.3 Å². The Morgan fingerprint density at radius 2 is 2.12 bits per heavy atom. The van der Waals surface area contributed by atoms with Gasteiger partial charge in [-0.15, -0.1) is 0 Å². The van der Waals surface area contributed by atoms with Crippen LogP contribution in [0.3, 0.4) is 0 Å². The molecule has 1 unspecified atom stereocenters. The van der Waals surface area contributed by atoms with Gasteiger partial charge in [0.25, 0.3) is 5.56 Å². The first kappa shape index (κ1) is 21.1. The van der Waals surface area contributed by atoms with Crippen molar-refractivity contribution in [3.63, 3.8) is 0 Å². The number of nitrogens with two attached hydrogens (primary N) is 2. The molecule has 0 radical (unpaired) electrons. The van der Waals surface area contributed by atoms with E-state index in [-0.39, 0.29) is 34.1 Å². The summed E-state index contributed by atoms with van der Waals surface area (Å²) in [5.41, 5.74) is 11.7. The highest BCUT2D eigenvalue weighted by Gasteiger charge is 2.24. The van der Waals surface area contributed by atoms with Crippen LogP contribution >= 0.6 is 11.6 Å². The van der Waals surface area contributed by atoms with E-state index in [0.717, 1.165) is 6.42 Å². The molecule has 3 heterocycles. The summed E-state index contributed by atoms with van der Waals surface area (Å²) in [4.78, 5) is 33.2. The average Bonchev–Trinajstić information content (AvgIpc) is 3.27. The van der Waals surface area contributed by atoms with Crippen LogP contribution in [-0.4, -0.2) is 29.5 Å². The summed E-state index contributed by atoms with van der Waals surface area (Å²) in [7, 11) is 0. The minimum atomic E-state index is -0.528. The summed E-state index contributed by atoms with van der Waals surface area (Å²) in [6.45, 7) is 1.99. The summed E-state index contributed by atoms with van der Waals surface area (Å²) in [5.74, 6) is 0.845. The number of nitriles is 1.